The first-order valence-corrected chi connectivity index (χ1v) is 7.32. The van der Waals surface area contributed by atoms with Crippen LogP contribution in [0.4, 0.5) is 0 Å². The lowest BCUT2D eigenvalue weighted by Crippen LogP contribution is -2.61. The Morgan fingerprint density at radius 1 is 1.25 bits per heavy atom. The molecule has 1 saturated carbocycles. The summed E-state index contributed by atoms with van der Waals surface area (Å²) in [5.74, 6) is -0.00991. The molecule has 2 rings (SSSR count). The molecule has 1 aliphatic carbocycles. The summed E-state index contributed by atoms with van der Waals surface area (Å²) in [6.45, 7) is 3.33. The minimum Gasteiger partial charge on any atom is -0.342 e. The van der Waals surface area contributed by atoms with Gasteiger partial charge in [0.15, 0.2) is 0 Å². The summed E-state index contributed by atoms with van der Waals surface area (Å²) in [7, 11) is 1.87. The number of carbonyl (C=O) groups excluding carboxylic acids is 2. The Balaban J connectivity index is 0.00000200. The maximum Gasteiger partial charge on any atom is 0.248 e. The summed E-state index contributed by atoms with van der Waals surface area (Å²) >= 11 is 0. The highest BCUT2D eigenvalue weighted by atomic mass is 35.5. The number of nitrogens with one attached hydrogen (secondary N) is 2. The molecule has 1 unspecified atom stereocenters. The molecule has 1 aliphatic heterocycles. The van der Waals surface area contributed by atoms with E-state index in [1.54, 1.807) is 0 Å². The van der Waals surface area contributed by atoms with Gasteiger partial charge >= 0.3 is 0 Å². The molecule has 2 N–H and O–H groups in total. The van der Waals surface area contributed by atoms with E-state index in [-0.39, 0.29) is 30.3 Å². The van der Waals surface area contributed by atoms with Crippen LogP contribution in [-0.4, -0.2) is 48.4 Å². The Morgan fingerprint density at radius 3 is 2.40 bits per heavy atom. The molecule has 2 aliphatic rings. The van der Waals surface area contributed by atoms with Gasteiger partial charge in [0.05, 0.1) is 0 Å². The van der Waals surface area contributed by atoms with Gasteiger partial charge in [0.1, 0.15) is 5.54 Å². The molecule has 0 aromatic rings. The van der Waals surface area contributed by atoms with Crippen molar-refractivity contribution in [2.45, 2.75) is 57.0 Å². The highest BCUT2D eigenvalue weighted by Gasteiger charge is 2.43. The van der Waals surface area contributed by atoms with Crippen molar-refractivity contribution < 1.29 is 9.59 Å². The van der Waals surface area contributed by atoms with Crippen molar-refractivity contribution in [3.63, 3.8) is 0 Å². The van der Waals surface area contributed by atoms with Crippen LogP contribution in [-0.2, 0) is 9.59 Å². The Bertz CT molecular complexity index is 350. The molecule has 116 valence electrons. The first-order valence-electron chi connectivity index (χ1n) is 7.32. The Kier molecular flexibility index (Phi) is 6.27. The van der Waals surface area contributed by atoms with Gasteiger partial charge in [-0.05, 0) is 25.8 Å². The van der Waals surface area contributed by atoms with Crippen molar-refractivity contribution in [3.05, 3.63) is 0 Å². The smallest absolute Gasteiger partial charge is 0.248 e. The summed E-state index contributed by atoms with van der Waals surface area (Å²) in [6.07, 6.45) is 5.74. The van der Waals surface area contributed by atoms with Crippen LogP contribution in [0.1, 0.15) is 45.4 Å². The Morgan fingerprint density at radius 2 is 1.90 bits per heavy atom. The maximum atomic E-state index is 12.8. The summed E-state index contributed by atoms with van der Waals surface area (Å²) in [4.78, 5) is 26.1. The van der Waals surface area contributed by atoms with Crippen molar-refractivity contribution in [1.29, 1.82) is 0 Å². The molecule has 0 aromatic carbocycles. The molecule has 0 bridgehead atoms. The molecule has 2 fully saturated rings. The van der Waals surface area contributed by atoms with Gasteiger partial charge in [-0.3, -0.25) is 9.59 Å². The van der Waals surface area contributed by atoms with Crippen molar-refractivity contribution in [3.8, 4) is 0 Å². The third-order valence-electron chi connectivity index (χ3n) is 4.43. The number of halogens is 1. The van der Waals surface area contributed by atoms with Gasteiger partial charge in [0.25, 0.3) is 0 Å². The minimum atomic E-state index is -0.651. The zero-order valence-electron chi connectivity index (χ0n) is 12.4. The average molecular weight is 304 g/mol. The molecule has 1 heterocycles. The van der Waals surface area contributed by atoms with Crippen LogP contribution >= 0.6 is 12.4 Å². The summed E-state index contributed by atoms with van der Waals surface area (Å²) < 4.78 is 0. The van der Waals surface area contributed by atoms with Crippen molar-refractivity contribution in [1.82, 2.24) is 15.5 Å². The van der Waals surface area contributed by atoms with Crippen LogP contribution in [0.3, 0.4) is 0 Å². The van der Waals surface area contributed by atoms with E-state index in [9.17, 15) is 9.59 Å². The number of rotatable bonds is 3. The second-order valence-corrected chi connectivity index (χ2v) is 5.89. The summed E-state index contributed by atoms with van der Waals surface area (Å²) in [5.41, 5.74) is -0.651. The molecule has 0 radical (unpaired) electrons. The third kappa shape index (κ3) is 3.64. The molecule has 2 amide bonds. The highest BCUT2D eigenvalue weighted by Crippen LogP contribution is 2.30. The van der Waals surface area contributed by atoms with Crippen LogP contribution in [0.15, 0.2) is 0 Å². The predicted octanol–water partition coefficient (Wildman–Crippen LogP) is 1.07. The molecule has 6 heteroatoms. The topological polar surface area (TPSA) is 61.4 Å². The van der Waals surface area contributed by atoms with Gasteiger partial charge in [0, 0.05) is 26.6 Å². The third-order valence-corrected chi connectivity index (χ3v) is 4.43. The second-order valence-electron chi connectivity index (χ2n) is 5.89. The zero-order valence-corrected chi connectivity index (χ0v) is 13.2. The molecule has 0 spiro atoms. The lowest BCUT2D eigenvalue weighted by Gasteiger charge is -2.40. The SMILES string of the molecule is CC(=O)NC1(C(=O)N(C)C2CCNC2)CCCCC1.Cl. The molecule has 0 aromatic heterocycles. The number of hydrogen-bond acceptors (Lipinski definition) is 3. The molecular weight excluding hydrogens is 278 g/mol. The molecule has 1 atom stereocenters. The van der Waals surface area contributed by atoms with E-state index in [0.717, 1.165) is 51.6 Å². The largest absolute Gasteiger partial charge is 0.342 e. The van der Waals surface area contributed by atoms with E-state index in [2.05, 4.69) is 10.6 Å². The van der Waals surface area contributed by atoms with Crippen LogP contribution in [0, 0.1) is 0 Å². The minimum absolute atomic E-state index is 0. The molecular formula is C14H26ClN3O2. The first-order chi connectivity index (χ1) is 9.05. The maximum absolute atomic E-state index is 12.8. The molecule has 5 nitrogen and oxygen atoms in total. The van der Waals surface area contributed by atoms with Gasteiger partial charge in [-0.25, -0.2) is 0 Å². The number of likely N-dealkylation sites (N-methyl/N-ethyl adjacent to an activating group) is 1. The Hall–Kier alpha value is -0.810. The van der Waals surface area contributed by atoms with Crippen LogP contribution in [0.5, 0.6) is 0 Å². The predicted molar refractivity (Wildman–Crippen MR) is 80.9 cm³/mol. The fourth-order valence-corrected chi connectivity index (χ4v) is 3.36. The van der Waals surface area contributed by atoms with E-state index < -0.39 is 5.54 Å². The van der Waals surface area contributed by atoms with Crippen LogP contribution in [0.2, 0.25) is 0 Å². The highest BCUT2D eigenvalue weighted by molar-refractivity contribution is 5.91. The van der Waals surface area contributed by atoms with Gasteiger partial charge < -0.3 is 15.5 Å². The summed E-state index contributed by atoms with van der Waals surface area (Å²) in [5, 5.41) is 6.23. The fourth-order valence-electron chi connectivity index (χ4n) is 3.36. The number of amides is 2. The molecule has 1 saturated heterocycles. The van der Waals surface area contributed by atoms with E-state index in [1.807, 2.05) is 11.9 Å². The lowest BCUT2D eigenvalue weighted by atomic mass is 9.80. The van der Waals surface area contributed by atoms with Crippen molar-refractivity contribution in [2.75, 3.05) is 20.1 Å². The first kappa shape index (κ1) is 17.2. The standard InChI is InChI=1S/C14H25N3O2.ClH/c1-11(18)16-14(7-4-3-5-8-14)13(19)17(2)12-6-9-15-10-12;/h12,15H,3-10H2,1-2H3,(H,16,18);1H. The monoisotopic (exact) mass is 303 g/mol. The normalized spacial score (nSPS) is 24.6. The van der Waals surface area contributed by atoms with E-state index in [1.165, 1.54) is 6.92 Å². The summed E-state index contributed by atoms with van der Waals surface area (Å²) in [6, 6.07) is 0.264. The zero-order chi connectivity index (χ0) is 13.9. The van der Waals surface area contributed by atoms with Crippen LogP contribution in [0.25, 0.3) is 0 Å². The van der Waals surface area contributed by atoms with Gasteiger partial charge in [-0.2, -0.15) is 0 Å². The van der Waals surface area contributed by atoms with E-state index in [0.29, 0.717) is 0 Å². The van der Waals surface area contributed by atoms with E-state index in [4.69, 9.17) is 0 Å². The van der Waals surface area contributed by atoms with Gasteiger partial charge in [0.2, 0.25) is 11.8 Å². The quantitative estimate of drug-likeness (QED) is 0.820. The second kappa shape index (κ2) is 7.27. The number of carbonyl (C=O) groups is 2. The Labute approximate surface area is 127 Å². The average Bonchev–Trinajstić information content (AvgIpc) is 2.91. The van der Waals surface area contributed by atoms with Crippen molar-refractivity contribution >= 4 is 24.2 Å². The van der Waals surface area contributed by atoms with Crippen LogP contribution < -0.4 is 10.6 Å². The number of nitrogens with zero attached hydrogens (tertiary/aromatic N) is 1. The van der Waals surface area contributed by atoms with E-state index >= 15 is 0 Å². The lowest BCUT2D eigenvalue weighted by molar-refractivity contribution is -0.143. The number of hydrogen-bond donors (Lipinski definition) is 2. The molecule has 20 heavy (non-hydrogen) atoms. The van der Waals surface area contributed by atoms with Gasteiger partial charge in [-0.15, -0.1) is 12.4 Å². The fraction of sp³-hybridized carbons (Fsp3) is 0.857. The van der Waals surface area contributed by atoms with Crippen molar-refractivity contribution in [2.24, 2.45) is 0 Å². The van der Waals surface area contributed by atoms with Gasteiger partial charge in [-0.1, -0.05) is 19.3 Å².